The smallest absolute Gasteiger partial charge is 0.264 e. The van der Waals surface area contributed by atoms with E-state index in [0.29, 0.717) is 37.3 Å². The Kier molecular flexibility index (Phi) is 7.11. The molecular weight excluding hydrogens is 431 g/mol. The van der Waals surface area contributed by atoms with Gasteiger partial charge in [-0.15, -0.1) is 0 Å². The molecule has 2 aromatic rings. The monoisotopic (exact) mass is 450 g/mol. The number of amidine groups is 1. The van der Waals surface area contributed by atoms with Gasteiger partial charge in [0.2, 0.25) is 0 Å². The summed E-state index contributed by atoms with van der Waals surface area (Å²) in [5.41, 5.74) is 1.43. The second-order valence-electron chi connectivity index (χ2n) is 6.33. The van der Waals surface area contributed by atoms with Crippen LogP contribution in [0, 0.1) is 0 Å². The van der Waals surface area contributed by atoms with E-state index in [1.165, 1.54) is 11.8 Å². The van der Waals surface area contributed by atoms with Crippen LogP contribution in [0.1, 0.15) is 25.8 Å². The highest BCUT2D eigenvalue weighted by Crippen LogP contribution is 2.39. The number of thioether (sulfide) groups is 1. The highest BCUT2D eigenvalue weighted by atomic mass is 35.5. The molecule has 0 radical (unpaired) electrons. The van der Waals surface area contributed by atoms with Crippen LogP contribution in [-0.2, 0) is 4.79 Å². The number of benzene rings is 2. The lowest BCUT2D eigenvalue weighted by atomic mass is 10.1. The van der Waals surface area contributed by atoms with Gasteiger partial charge in [0, 0.05) is 5.02 Å². The SMILES string of the molecule is CC[C@H](C)Oc1c(Cl)cc(/C=C2\SC(=Nc3ccc(Cl)cc3)NC2=O)cc1OC. The van der Waals surface area contributed by atoms with E-state index in [4.69, 9.17) is 32.7 Å². The van der Waals surface area contributed by atoms with Crippen molar-refractivity contribution in [1.82, 2.24) is 5.32 Å². The third-order valence-corrected chi connectivity index (χ3v) is 5.59. The summed E-state index contributed by atoms with van der Waals surface area (Å²) in [7, 11) is 1.56. The number of aliphatic imine (C=N–C) groups is 1. The molecule has 3 rings (SSSR count). The van der Waals surface area contributed by atoms with E-state index in [1.54, 1.807) is 49.6 Å². The van der Waals surface area contributed by atoms with Gasteiger partial charge in [0.25, 0.3) is 5.91 Å². The van der Waals surface area contributed by atoms with Crippen molar-refractivity contribution < 1.29 is 14.3 Å². The summed E-state index contributed by atoms with van der Waals surface area (Å²) in [5, 5.41) is 4.31. The van der Waals surface area contributed by atoms with Gasteiger partial charge in [-0.05, 0) is 73.1 Å². The highest BCUT2D eigenvalue weighted by molar-refractivity contribution is 8.18. The van der Waals surface area contributed by atoms with Crippen LogP contribution in [0.4, 0.5) is 5.69 Å². The average Bonchev–Trinajstić information content (AvgIpc) is 3.04. The Hall–Kier alpha value is -2.15. The van der Waals surface area contributed by atoms with Crippen LogP contribution >= 0.6 is 35.0 Å². The zero-order valence-corrected chi connectivity index (χ0v) is 18.5. The predicted molar refractivity (Wildman–Crippen MR) is 121 cm³/mol. The molecule has 0 saturated carbocycles. The summed E-state index contributed by atoms with van der Waals surface area (Å²) in [6.07, 6.45) is 2.59. The average molecular weight is 451 g/mol. The van der Waals surface area contributed by atoms with Gasteiger partial charge >= 0.3 is 0 Å². The topological polar surface area (TPSA) is 59.9 Å². The molecule has 1 atom stereocenters. The molecule has 29 heavy (non-hydrogen) atoms. The Balaban J connectivity index is 1.85. The van der Waals surface area contributed by atoms with Crippen LogP contribution in [0.3, 0.4) is 0 Å². The normalized spacial score (nSPS) is 17.5. The lowest BCUT2D eigenvalue weighted by Gasteiger charge is -2.17. The van der Waals surface area contributed by atoms with Crippen LogP contribution in [0.15, 0.2) is 46.3 Å². The zero-order valence-electron chi connectivity index (χ0n) is 16.2. The zero-order chi connectivity index (χ0) is 21.0. The molecule has 0 aliphatic carbocycles. The summed E-state index contributed by atoms with van der Waals surface area (Å²) in [6.45, 7) is 4.00. The first kappa shape index (κ1) is 21.6. The molecule has 0 aromatic heterocycles. The van der Waals surface area contributed by atoms with Gasteiger partial charge in [-0.1, -0.05) is 30.1 Å². The Morgan fingerprint density at radius 3 is 2.62 bits per heavy atom. The van der Waals surface area contributed by atoms with Crippen molar-refractivity contribution in [2.24, 2.45) is 4.99 Å². The number of nitrogens with zero attached hydrogens (tertiary/aromatic N) is 1. The molecule has 2 aromatic carbocycles. The van der Waals surface area contributed by atoms with Crippen molar-refractivity contribution in [2.45, 2.75) is 26.4 Å². The van der Waals surface area contributed by atoms with Crippen molar-refractivity contribution in [3.8, 4) is 11.5 Å². The number of methoxy groups -OCH3 is 1. The molecule has 0 unspecified atom stereocenters. The number of carbonyl (C=O) groups excluding carboxylic acids is 1. The number of rotatable bonds is 6. The van der Waals surface area contributed by atoms with E-state index in [0.717, 1.165) is 12.0 Å². The lowest BCUT2D eigenvalue weighted by Crippen LogP contribution is -2.19. The lowest BCUT2D eigenvalue weighted by molar-refractivity contribution is -0.115. The van der Waals surface area contributed by atoms with E-state index in [2.05, 4.69) is 10.3 Å². The fourth-order valence-electron chi connectivity index (χ4n) is 2.49. The molecule has 8 heteroatoms. The van der Waals surface area contributed by atoms with E-state index < -0.39 is 0 Å². The first-order valence-electron chi connectivity index (χ1n) is 8.99. The molecule has 1 saturated heterocycles. The largest absolute Gasteiger partial charge is 0.493 e. The van der Waals surface area contributed by atoms with Gasteiger partial charge < -0.3 is 14.8 Å². The Labute approximate surface area is 184 Å². The standard InChI is InChI=1S/C21H20Cl2N2O3S/c1-4-12(2)28-19-16(23)9-13(10-17(19)27-3)11-18-20(26)25-21(29-18)24-15-7-5-14(22)6-8-15/h5-12H,4H2,1-3H3,(H,24,25,26)/b18-11-/t12-/m0/s1. The molecule has 0 spiro atoms. The van der Waals surface area contributed by atoms with E-state index in [9.17, 15) is 4.79 Å². The second kappa shape index (κ2) is 9.57. The molecule has 5 nitrogen and oxygen atoms in total. The molecule has 152 valence electrons. The fraction of sp³-hybridized carbons (Fsp3) is 0.238. The van der Waals surface area contributed by atoms with Gasteiger partial charge in [0.05, 0.1) is 28.8 Å². The van der Waals surface area contributed by atoms with Crippen LogP contribution < -0.4 is 14.8 Å². The Morgan fingerprint density at radius 2 is 1.97 bits per heavy atom. The van der Waals surface area contributed by atoms with Gasteiger partial charge in [0.1, 0.15) is 0 Å². The van der Waals surface area contributed by atoms with E-state index >= 15 is 0 Å². The van der Waals surface area contributed by atoms with Crippen molar-refractivity contribution in [1.29, 1.82) is 0 Å². The van der Waals surface area contributed by atoms with Crippen LogP contribution in [0.25, 0.3) is 6.08 Å². The first-order valence-corrected chi connectivity index (χ1v) is 10.6. The minimum atomic E-state index is -0.224. The molecule has 1 fully saturated rings. The summed E-state index contributed by atoms with van der Waals surface area (Å²) in [4.78, 5) is 17.3. The summed E-state index contributed by atoms with van der Waals surface area (Å²) < 4.78 is 11.3. The maximum Gasteiger partial charge on any atom is 0.264 e. The minimum absolute atomic E-state index is 0.00778. The molecule has 1 aliphatic rings. The molecule has 1 heterocycles. The molecular formula is C21H20Cl2N2O3S. The van der Waals surface area contributed by atoms with Gasteiger partial charge in [-0.25, -0.2) is 4.99 Å². The number of amides is 1. The minimum Gasteiger partial charge on any atom is -0.493 e. The number of halogens is 2. The quantitative estimate of drug-likeness (QED) is 0.542. The van der Waals surface area contributed by atoms with Gasteiger partial charge in [-0.3, -0.25) is 4.79 Å². The van der Waals surface area contributed by atoms with Crippen molar-refractivity contribution >= 4 is 57.8 Å². The Morgan fingerprint density at radius 1 is 1.24 bits per heavy atom. The van der Waals surface area contributed by atoms with Crippen molar-refractivity contribution in [3.05, 3.63) is 56.9 Å². The van der Waals surface area contributed by atoms with E-state index in [1.807, 2.05) is 13.8 Å². The Bertz CT molecular complexity index is 975. The summed E-state index contributed by atoms with van der Waals surface area (Å²) >= 11 is 13.5. The number of hydrogen-bond acceptors (Lipinski definition) is 5. The predicted octanol–water partition coefficient (Wildman–Crippen LogP) is 6.07. The molecule has 1 aliphatic heterocycles. The van der Waals surface area contributed by atoms with E-state index in [-0.39, 0.29) is 12.0 Å². The summed E-state index contributed by atoms with van der Waals surface area (Å²) in [5.74, 6) is 0.792. The maximum absolute atomic E-state index is 12.3. The number of carbonyl (C=O) groups is 1. The van der Waals surface area contributed by atoms with Crippen molar-refractivity contribution in [3.63, 3.8) is 0 Å². The third kappa shape index (κ3) is 5.47. The first-order chi connectivity index (χ1) is 13.9. The highest BCUT2D eigenvalue weighted by Gasteiger charge is 2.24. The second-order valence-corrected chi connectivity index (χ2v) is 8.20. The maximum atomic E-state index is 12.3. The molecule has 1 amide bonds. The summed E-state index contributed by atoms with van der Waals surface area (Å²) in [6, 6.07) is 10.6. The fourth-order valence-corrected chi connectivity index (χ4v) is 3.72. The molecule has 0 bridgehead atoms. The number of hydrogen-bond donors (Lipinski definition) is 1. The number of ether oxygens (including phenoxy) is 2. The van der Waals surface area contributed by atoms with Gasteiger partial charge in [-0.2, -0.15) is 0 Å². The molecule has 1 N–H and O–H groups in total. The number of nitrogens with one attached hydrogen (secondary N) is 1. The van der Waals surface area contributed by atoms with Crippen molar-refractivity contribution in [2.75, 3.05) is 7.11 Å². The van der Waals surface area contributed by atoms with Crippen LogP contribution in [0.2, 0.25) is 10.0 Å². The van der Waals surface area contributed by atoms with Crippen LogP contribution in [0.5, 0.6) is 11.5 Å². The van der Waals surface area contributed by atoms with Crippen LogP contribution in [-0.4, -0.2) is 24.3 Å². The third-order valence-electron chi connectivity index (χ3n) is 4.15. The van der Waals surface area contributed by atoms with Gasteiger partial charge in [0.15, 0.2) is 16.7 Å².